The fourth-order valence-electron chi connectivity index (χ4n) is 1.95. The number of nitrogen functional groups attached to an aromatic ring is 1. The van der Waals surface area contributed by atoms with E-state index in [0.717, 1.165) is 22.2 Å². The number of carbonyl (C=O) groups excluding carboxylic acids is 1. The third-order valence-electron chi connectivity index (χ3n) is 2.95. The topological polar surface area (TPSA) is 46.3 Å². The summed E-state index contributed by atoms with van der Waals surface area (Å²) in [5, 5.41) is 0. The zero-order valence-corrected chi connectivity index (χ0v) is 12.8. The maximum Gasteiger partial charge on any atom is 0.257 e. The normalized spacial score (nSPS) is 10.5. The van der Waals surface area contributed by atoms with Crippen LogP contribution in [0.5, 0.6) is 0 Å². The fraction of sp³-hybridized carbons (Fsp3) is 0.133. The summed E-state index contributed by atoms with van der Waals surface area (Å²) in [6.45, 7) is 0.272. The minimum absolute atomic E-state index is 0.272. The van der Waals surface area contributed by atoms with Crippen molar-refractivity contribution in [2.75, 3.05) is 12.8 Å². The molecule has 0 saturated carbocycles. The lowest BCUT2D eigenvalue weighted by atomic mass is 10.1. The van der Waals surface area contributed by atoms with Gasteiger partial charge in [-0.2, -0.15) is 0 Å². The summed E-state index contributed by atoms with van der Waals surface area (Å²) in [5.41, 5.74) is 5.45. The molecular formula is C15H13BrF2N2O. The van der Waals surface area contributed by atoms with E-state index in [4.69, 9.17) is 5.73 Å². The molecular weight excluding hydrogens is 342 g/mol. The van der Waals surface area contributed by atoms with Gasteiger partial charge in [0.2, 0.25) is 0 Å². The molecule has 0 unspecified atom stereocenters. The Morgan fingerprint density at radius 3 is 2.67 bits per heavy atom. The van der Waals surface area contributed by atoms with Crippen LogP contribution in [0.3, 0.4) is 0 Å². The molecule has 0 heterocycles. The van der Waals surface area contributed by atoms with Crippen molar-refractivity contribution in [3.05, 3.63) is 63.6 Å². The molecule has 1 amide bonds. The van der Waals surface area contributed by atoms with Crippen LogP contribution in [0.1, 0.15) is 15.9 Å². The molecule has 0 aliphatic heterocycles. The molecule has 0 atom stereocenters. The van der Waals surface area contributed by atoms with E-state index in [1.807, 2.05) is 24.3 Å². The largest absolute Gasteiger partial charge is 0.396 e. The van der Waals surface area contributed by atoms with Crippen LogP contribution in [0, 0.1) is 11.6 Å². The molecule has 2 aromatic rings. The quantitative estimate of drug-likeness (QED) is 0.856. The standard InChI is InChI=1S/C15H13BrF2N2O/c1-20(8-9-3-2-4-10(16)5-9)15(21)12-6-11(17)7-13(19)14(12)18/h2-7H,8,19H2,1H3. The van der Waals surface area contributed by atoms with Crippen LogP contribution in [0.4, 0.5) is 14.5 Å². The number of hydrogen-bond donors (Lipinski definition) is 1. The second-order valence-electron chi connectivity index (χ2n) is 4.65. The van der Waals surface area contributed by atoms with E-state index in [0.29, 0.717) is 0 Å². The second kappa shape index (κ2) is 6.22. The van der Waals surface area contributed by atoms with E-state index < -0.39 is 17.5 Å². The highest BCUT2D eigenvalue weighted by Crippen LogP contribution is 2.20. The second-order valence-corrected chi connectivity index (χ2v) is 5.56. The highest BCUT2D eigenvalue weighted by Gasteiger charge is 2.19. The van der Waals surface area contributed by atoms with Gasteiger partial charge in [-0.1, -0.05) is 28.1 Å². The van der Waals surface area contributed by atoms with Crippen LogP contribution in [-0.4, -0.2) is 17.9 Å². The number of rotatable bonds is 3. The van der Waals surface area contributed by atoms with Crippen molar-refractivity contribution in [2.24, 2.45) is 0 Å². The average molecular weight is 355 g/mol. The van der Waals surface area contributed by atoms with Crippen molar-refractivity contribution in [3.8, 4) is 0 Å². The number of hydrogen-bond acceptors (Lipinski definition) is 2. The first-order valence-corrected chi connectivity index (χ1v) is 6.92. The van der Waals surface area contributed by atoms with E-state index >= 15 is 0 Å². The van der Waals surface area contributed by atoms with Crippen LogP contribution in [0.2, 0.25) is 0 Å². The highest BCUT2D eigenvalue weighted by atomic mass is 79.9. The van der Waals surface area contributed by atoms with Crippen molar-refractivity contribution < 1.29 is 13.6 Å². The average Bonchev–Trinajstić information content (AvgIpc) is 2.42. The predicted molar refractivity (Wildman–Crippen MR) is 80.7 cm³/mol. The van der Waals surface area contributed by atoms with Crippen molar-refractivity contribution in [1.29, 1.82) is 0 Å². The Morgan fingerprint density at radius 2 is 2.00 bits per heavy atom. The molecule has 6 heteroatoms. The Kier molecular flexibility index (Phi) is 4.57. The monoisotopic (exact) mass is 354 g/mol. The Bertz CT molecular complexity index is 691. The van der Waals surface area contributed by atoms with Gasteiger partial charge >= 0.3 is 0 Å². The zero-order chi connectivity index (χ0) is 15.6. The Hall–Kier alpha value is -1.95. The van der Waals surface area contributed by atoms with Crippen molar-refractivity contribution in [1.82, 2.24) is 4.90 Å². The summed E-state index contributed by atoms with van der Waals surface area (Å²) in [4.78, 5) is 13.5. The number of nitrogens with two attached hydrogens (primary N) is 1. The third kappa shape index (κ3) is 3.58. The highest BCUT2D eigenvalue weighted by molar-refractivity contribution is 9.10. The van der Waals surface area contributed by atoms with Gasteiger partial charge in [0.15, 0.2) is 5.82 Å². The van der Waals surface area contributed by atoms with Gasteiger partial charge in [-0.05, 0) is 29.8 Å². The van der Waals surface area contributed by atoms with Crippen LogP contribution >= 0.6 is 15.9 Å². The maximum absolute atomic E-state index is 13.8. The van der Waals surface area contributed by atoms with Gasteiger partial charge in [0.1, 0.15) is 5.82 Å². The van der Waals surface area contributed by atoms with Gasteiger partial charge in [0, 0.05) is 18.1 Å². The molecule has 0 aliphatic carbocycles. The molecule has 0 saturated heterocycles. The maximum atomic E-state index is 13.8. The summed E-state index contributed by atoms with van der Waals surface area (Å²) in [6.07, 6.45) is 0. The molecule has 2 N–H and O–H groups in total. The predicted octanol–water partition coefficient (Wildman–Crippen LogP) is 3.58. The summed E-state index contributed by atoms with van der Waals surface area (Å²) < 4.78 is 28.0. The van der Waals surface area contributed by atoms with Gasteiger partial charge in [0.25, 0.3) is 5.91 Å². The van der Waals surface area contributed by atoms with Gasteiger partial charge in [-0.15, -0.1) is 0 Å². The van der Waals surface area contributed by atoms with E-state index in [2.05, 4.69) is 15.9 Å². The SMILES string of the molecule is CN(Cc1cccc(Br)c1)C(=O)c1cc(F)cc(N)c1F. The molecule has 2 rings (SSSR count). The lowest BCUT2D eigenvalue weighted by Crippen LogP contribution is -2.27. The van der Waals surface area contributed by atoms with E-state index in [1.165, 1.54) is 11.9 Å². The molecule has 21 heavy (non-hydrogen) atoms. The lowest BCUT2D eigenvalue weighted by Gasteiger charge is -2.18. The molecule has 0 aliphatic rings. The van der Waals surface area contributed by atoms with Gasteiger partial charge in [-0.3, -0.25) is 4.79 Å². The minimum Gasteiger partial charge on any atom is -0.396 e. The lowest BCUT2D eigenvalue weighted by molar-refractivity contribution is 0.0780. The summed E-state index contributed by atoms with van der Waals surface area (Å²) in [7, 11) is 1.52. The van der Waals surface area contributed by atoms with Gasteiger partial charge in [-0.25, -0.2) is 8.78 Å². The van der Waals surface area contributed by atoms with Crippen molar-refractivity contribution in [3.63, 3.8) is 0 Å². The molecule has 3 nitrogen and oxygen atoms in total. The number of anilines is 1. The minimum atomic E-state index is -0.900. The van der Waals surface area contributed by atoms with E-state index in [1.54, 1.807) is 0 Å². The fourth-order valence-corrected chi connectivity index (χ4v) is 2.40. The van der Waals surface area contributed by atoms with Crippen molar-refractivity contribution >= 4 is 27.5 Å². The van der Waals surface area contributed by atoms with Crippen LogP contribution in [-0.2, 0) is 6.54 Å². The number of nitrogens with zero attached hydrogens (tertiary/aromatic N) is 1. The summed E-state index contributed by atoms with van der Waals surface area (Å²) >= 11 is 3.34. The summed E-state index contributed by atoms with van der Waals surface area (Å²) in [6, 6.07) is 9.08. The van der Waals surface area contributed by atoms with Crippen LogP contribution in [0.25, 0.3) is 0 Å². The molecule has 0 spiro atoms. The number of benzene rings is 2. The molecule has 0 radical (unpaired) electrons. The molecule has 0 fully saturated rings. The van der Waals surface area contributed by atoms with Gasteiger partial charge < -0.3 is 10.6 Å². The first-order valence-electron chi connectivity index (χ1n) is 6.13. The van der Waals surface area contributed by atoms with E-state index in [-0.39, 0.29) is 17.8 Å². The Labute approximate surface area is 129 Å². The van der Waals surface area contributed by atoms with Gasteiger partial charge in [0.05, 0.1) is 11.3 Å². The smallest absolute Gasteiger partial charge is 0.257 e. The Balaban J connectivity index is 2.24. The molecule has 0 bridgehead atoms. The molecule has 2 aromatic carbocycles. The number of amides is 1. The first-order chi connectivity index (χ1) is 9.88. The Morgan fingerprint density at radius 1 is 1.29 bits per heavy atom. The third-order valence-corrected chi connectivity index (χ3v) is 3.44. The summed E-state index contributed by atoms with van der Waals surface area (Å²) in [5.74, 6) is -2.27. The van der Waals surface area contributed by atoms with Crippen LogP contribution < -0.4 is 5.73 Å². The van der Waals surface area contributed by atoms with Crippen molar-refractivity contribution in [2.45, 2.75) is 6.54 Å². The van der Waals surface area contributed by atoms with Crippen LogP contribution in [0.15, 0.2) is 40.9 Å². The molecule has 0 aromatic heterocycles. The van der Waals surface area contributed by atoms with E-state index in [9.17, 15) is 13.6 Å². The number of halogens is 3. The number of carbonyl (C=O) groups is 1. The molecule has 110 valence electrons. The first kappa shape index (κ1) is 15.4. The zero-order valence-electron chi connectivity index (χ0n) is 11.2.